The van der Waals surface area contributed by atoms with Crippen molar-refractivity contribution in [2.24, 2.45) is 0 Å². The zero-order valence-corrected chi connectivity index (χ0v) is 12.9. The van der Waals surface area contributed by atoms with E-state index >= 15 is 0 Å². The number of benzene rings is 1. The molecule has 3 rings (SSSR count). The summed E-state index contributed by atoms with van der Waals surface area (Å²) in [6.07, 6.45) is 8.70. The second-order valence-corrected chi connectivity index (χ2v) is 6.39. The summed E-state index contributed by atoms with van der Waals surface area (Å²) in [6.45, 7) is 5.44. The summed E-state index contributed by atoms with van der Waals surface area (Å²) >= 11 is 0. The molecule has 1 fully saturated rings. The lowest BCUT2D eigenvalue weighted by atomic mass is 9.77. The van der Waals surface area contributed by atoms with E-state index in [0.29, 0.717) is 6.04 Å². The highest BCUT2D eigenvalue weighted by Crippen LogP contribution is 2.46. The first kappa shape index (κ1) is 13.9. The van der Waals surface area contributed by atoms with Crippen molar-refractivity contribution >= 4 is 0 Å². The highest BCUT2D eigenvalue weighted by molar-refractivity contribution is 5.42. The summed E-state index contributed by atoms with van der Waals surface area (Å²) in [5, 5.41) is 3.68. The Labute approximate surface area is 122 Å². The largest absolute Gasteiger partial charge is 0.487 e. The molecule has 1 spiro atoms. The van der Waals surface area contributed by atoms with Crippen LogP contribution in [-0.2, 0) is 6.42 Å². The van der Waals surface area contributed by atoms with Gasteiger partial charge < -0.3 is 10.1 Å². The third kappa shape index (κ3) is 2.58. The molecule has 1 atom stereocenters. The van der Waals surface area contributed by atoms with Crippen molar-refractivity contribution in [2.45, 2.75) is 70.4 Å². The molecule has 1 aliphatic carbocycles. The SMILES string of the molecule is CCNC1CC2(CCCCC2)Oc2ccc(CC)cc21. The van der Waals surface area contributed by atoms with Gasteiger partial charge in [-0.3, -0.25) is 0 Å². The number of hydrogen-bond donors (Lipinski definition) is 1. The summed E-state index contributed by atoms with van der Waals surface area (Å²) in [7, 11) is 0. The first-order valence-electron chi connectivity index (χ1n) is 8.31. The molecule has 1 aromatic rings. The standard InChI is InChI=1S/C18H27NO/c1-3-14-8-9-17-15(12-14)16(19-4-2)13-18(20-17)10-6-5-7-11-18/h8-9,12,16,19H,3-7,10-11,13H2,1-2H3. The molecule has 20 heavy (non-hydrogen) atoms. The minimum absolute atomic E-state index is 0.103. The average Bonchev–Trinajstić information content (AvgIpc) is 2.48. The van der Waals surface area contributed by atoms with Crippen LogP contribution in [0.3, 0.4) is 0 Å². The zero-order chi connectivity index (χ0) is 14.0. The zero-order valence-electron chi connectivity index (χ0n) is 12.9. The van der Waals surface area contributed by atoms with E-state index < -0.39 is 0 Å². The molecule has 1 aromatic carbocycles. The predicted octanol–water partition coefficient (Wildman–Crippen LogP) is 4.39. The molecule has 2 aliphatic rings. The van der Waals surface area contributed by atoms with Crippen molar-refractivity contribution in [3.05, 3.63) is 29.3 Å². The van der Waals surface area contributed by atoms with Crippen LogP contribution in [-0.4, -0.2) is 12.1 Å². The maximum Gasteiger partial charge on any atom is 0.124 e. The van der Waals surface area contributed by atoms with Gasteiger partial charge >= 0.3 is 0 Å². The van der Waals surface area contributed by atoms with E-state index in [9.17, 15) is 0 Å². The Morgan fingerprint density at radius 2 is 2.00 bits per heavy atom. The van der Waals surface area contributed by atoms with Crippen molar-refractivity contribution in [1.82, 2.24) is 5.32 Å². The molecule has 1 saturated carbocycles. The predicted molar refractivity (Wildman–Crippen MR) is 83.3 cm³/mol. The number of aryl methyl sites for hydroxylation is 1. The van der Waals surface area contributed by atoms with E-state index in [1.165, 1.54) is 43.2 Å². The van der Waals surface area contributed by atoms with Crippen LogP contribution in [0.2, 0.25) is 0 Å². The Hall–Kier alpha value is -1.02. The second-order valence-electron chi connectivity index (χ2n) is 6.39. The maximum absolute atomic E-state index is 6.50. The van der Waals surface area contributed by atoms with Gasteiger partial charge in [-0.2, -0.15) is 0 Å². The van der Waals surface area contributed by atoms with Crippen molar-refractivity contribution in [2.75, 3.05) is 6.54 Å². The summed E-state index contributed by atoms with van der Waals surface area (Å²) in [5.41, 5.74) is 2.89. The van der Waals surface area contributed by atoms with Gasteiger partial charge in [-0.05, 0) is 50.3 Å². The fraction of sp³-hybridized carbons (Fsp3) is 0.667. The summed E-state index contributed by atoms with van der Waals surface area (Å²) < 4.78 is 6.50. The van der Waals surface area contributed by atoms with Crippen LogP contribution in [0, 0.1) is 0 Å². The summed E-state index contributed by atoms with van der Waals surface area (Å²) in [6, 6.07) is 7.24. The Morgan fingerprint density at radius 3 is 2.70 bits per heavy atom. The van der Waals surface area contributed by atoms with Crippen LogP contribution in [0.1, 0.15) is 69.5 Å². The average molecular weight is 273 g/mol. The van der Waals surface area contributed by atoms with Gasteiger partial charge in [0.15, 0.2) is 0 Å². The van der Waals surface area contributed by atoms with Crippen LogP contribution in [0.25, 0.3) is 0 Å². The number of nitrogens with one attached hydrogen (secondary N) is 1. The fourth-order valence-electron chi connectivity index (χ4n) is 3.87. The molecule has 0 amide bonds. The molecular formula is C18H27NO. The molecule has 0 radical (unpaired) electrons. The van der Waals surface area contributed by atoms with Gasteiger partial charge in [0.1, 0.15) is 11.4 Å². The van der Waals surface area contributed by atoms with Crippen molar-refractivity contribution in [3.63, 3.8) is 0 Å². The highest BCUT2D eigenvalue weighted by atomic mass is 16.5. The Kier molecular flexibility index (Phi) is 4.02. The number of fused-ring (bicyclic) bond motifs is 1. The third-order valence-electron chi connectivity index (χ3n) is 4.98. The molecule has 1 aliphatic heterocycles. The van der Waals surface area contributed by atoms with Crippen LogP contribution < -0.4 is 10.1 Å². The maximum atomic E-state index is 6.50. The lowest BCUT2D eigenvalue weighted by Gasteiger charge is -2.45. The van der Waals surface area contributed by atoms with Gasteiger partial charge in [-0.1, -0.05) is 32.4 Å². The Bertz CT molecular complexity index is 462. The van der Waals surface area contributed by atoms with Gasteiger partial charge in [0.05, 0.1) is 0 Å². The van der Waals surface area contributed by atoms with E-state index in [4.69, 9.17) is 4.74 Å². The molecule has 2 heteroatoms. The number of ether oxygens (including phenoxy) is 1. The van der Waals surface area contributed by atoms with Gasteiger partial charge in [-0.15, -0.1) is 0 Å². The minimum atomic E-state index is 0.103. The fourth-order valence-corrected chi connectivity index (χ4v) is 3.87. The molecule has 2 nitrogen and oxygen atoms in total. The molecule has 1 unspecified atom stereocenters. The van der Waals surface area contributed by atoms with Crippen LogP contribution >= 0.6 is 0 Å². The second kappa shape index (κ2) is 5.77. The van der Waals surface area contributed by atoms with Crippen LogP contribution in [0.4, 0.5) is 0 Å². The molecule has 0 aromatic heterocycles. The van der Waals surface area contributed by atoms with Gasteiger partial charge in [0, 0.05) is 18.0 Å². The molecule has 0 bridgehead atoms. The number of rotatable bonds is 3. The smallest absolute Gasteiger partial charge is 0.124 e. The molecule has 1 N–H and O–H groups in total. The monoisotopic (exact) mass is 273 g/mol. The lowest BCUT2D eigenvalue weighted by molar-refractivity contribution is -0.00247. The molecule has 0 saturated heterocycles. The molecule has 110 valence electrons. The summed E-state index contributed by atoms with van der Waals surface area (Å²) in [5.74, 6) is 1.13. The van der Waals surface area contributed by atoms with Crippen molar-refractivity contribution in [3.8, 4) is 5.75 Å². The Balaban J connectivity index is 1.93. The van der Waals surface area contributed by atoms with Crippen molar-refractivity contribution in [1.29, 1.82) is 0 Å². The minimum Gasteiger partial charge on any atom is -0.487 e. The van der Waals surface area contributed by atoms with Gasteiger partial charge in [0.25, 0.3) is 0 Å². The van der Waals surface area contributed by atoms with E-state index in [2.05, 4.69) is 37.4 Å². The summed E-state index contributed by atoms with van der Waals surface area (Å²) in [4.78, 5) is 0. The third-order valence-corrected chi connectivity index (χ3v) is 4.98. The highest BCUT2D eigenvalue weighted by Gasteiger charge is 2.41. The first-order chi connectivity index (χ1) is 9.76. The first-order valence-corrected chi connectivity index (χ1v) is 8.31. The quantitative estimate of drug-likeness (QED) is 0.882. The lowest BCUT2D eigenvalue weighted by Crippen LogP contribution is -2.45. The number of hydrogen-bond acceptors (Lipinski definition) is 2. The van der Waals surface area contributed by atoms with Gasteiger partial charge in [-0.25, -0.2) is 0 Å². The van der Waals surface area contributed by atoms with E-state index in [0.717, 1.165) is 25.1 Å². The van der Waals surface area contributed by atoms with Crippen molar-refractivity contribution < 1.29 is 4.74 Å². The van der Waals surface area contributed by atoms with E-state index in [1.807, 2.05) is 0 Å². The van der Waals surface area contributed by atoms with Gasteiger partial charge in [0.2, 0.25) is 0 Å². The normalized spacial score (nSPS) is 24.2. The molecule has 1 heterocycles. The van der Waals surface area contributed by atoms with E-state index in [-0.39, 0.29) is 5.60 Å². The van der Waals surface area contributed by atoms with Crippen LogP contribution in [0.5, 0.6) is 5.75 Å². The topological polar surface area (TPSA) is 21.3 Å². The molecular weight excluding hydrogens is 246 g/mol. The Morgan fingerprint density at radius 1 is 1.20 bits per heavy atom. The van der Waals surface area contributed by atoms with Crippen LogP contribution in [0.15, 0.2) is 18.2 Å². The van der Waals surface area contributed by atoms with E-state index in [1.54, 1.807) is 0 Å².